The van der Waals surface area contributed by atoms with Crippen LogP contribution >= 0.6 is 0 Å². The summed E-state index contributed by atoms with van der Waals surface area (Å²) >= 11 is -0.720. The normalized spacial score (nSPS) is 12.3. The van der Waals surface area contributed by atoms with Gasteiger partial charge in [0.25, 0.3) is 0 Å². The van der Waals surface area contributed by atoms with Crippen LogP contribution in [-0.4, -0.2) is 33.4 Å². The van der Waals surface area contributed by atoms with Crippen molar-refractivity contribution in [2.45, 2.75) is 35.9 Å². The average Bonchev–Trinajstić information content (AvgIpc) is 1.96. The zero-order valence-electron chi connectivity index (χ0n) is 7.65. The van der Waals surface area contributed by atoms with E-state index in [9.17, 15) is 8.42 Å². The predicted molar refractivity (Wildman–Crippen MR) is 52.6 cm³/mol. The van der Waals surface area contributed by atoms with Crippen LogP contribution in [0.5, 0.6) is 0 Å². The molecule has 0 radical (unpaired) electrons. The van der Waals surface area contributed by atoms with Gasteiger partial charge in [-0.05, 0) is 0 Å². The Balaban J connectivity index is 3.55. The van der Waals surface area contributed by atoms with E-state index < -0.39 is 24.8 Å². The number of rotatable bonds is 6. The van der Waals surface area contributed by atoms with Crippen molar-refractivity contribution in [1.29, 1.82) is 0 Å². The summed E-state index contributed by atoms with van der Waals surface area (Å²) in [4.78, 5) is 0. The minimum absolute atomic E-state index is 0.0573. The molecule has 0 aliphatic rings. The molecule has 0 aromatic rings. The molecule has 0 amide bonds. The van der Waals surface area contributed by atoms with Crippen molar-refractivity contribution < 1.29 is 13.0 Å². The van der Waals surface area contributed by atoms with Gasteiger partial charge >= 0.3 is 79.4 Å². The van der Waals surface area contributed by atoms with Gasteiger partial charge in [-0.2, -0.15) is 0 Å². The Morgan fingerprint density at radius 2 is 1.75 bits per heavy atom. The van der Waals surface area contributed by atoms with Gasteiger partial charge in [0.15, 0.2) is 0 Å². The van der Waals surface area contributed by atoms with Crippen molar-refractivity contribution in [3.8, 4) is 0 Å². The Bertz CT molecular complexity index is 197. The monoisotopic (exact) mass is 256 g/mol. The maximum absolute atomic E-state index is 10.4. The Kier molecular flexibility index (Phi) is 6.24. The van der Waals surface area contributed by atoms with Crippen molar-refractivity contribution in [1.82, 2.24) is 0 Å². The summed E-state index contributed by atoms with van der Waals surface area (Å²) in [7, 11) is -3.71. The van der Waals surface area contributed by atoms with Gasteiger partial charge in [0, 0.05) is 0 Å². The molecule has 0 atom stereocenters. The van der Waals surface area contributed by atoms with Gasteiger partial charge < -0.3 is 0 Å². The summed E-state index contributed by atoms with van der Waals surface area (Å²) in [5.74, 6) is -0.0573. The molecule has 1 N–H and O–H groups in total. The van der Waals surface area contributed by atoms with Crippen LogP contribution in [0.25, 0.3) is 0 Å². The van der Waals surface area contributed by atoms with Crippen molar-refractivity contribution in [3.63, 3.8) is 0 Å². The van der Waals surface area contributed by atoms with Gasteiger partial charge in [-0.15, -0.1) is 0 Å². The number of hydrogen-bond donors (Lipinski definition) is 1. The van der Waals surface area contributed by atoms with E-state index in [1.54, 1.807) is 0 Å². The van der Waals surface area contributed by atoms with Crippen LogP contribution in [0.1, 0.15) is 20.3 Å². The fourth-order valence-electron chi connectivity index (χ4n) is 1.01. The van der Waals surface area contributed by atoms with Gasteiger partial charge in [-0.1, -0.05) is 0 Å². The van der Waals surface area contributed by atoms with E-state index in [2.05, 4.69) is 13.8 Å². The van der Waals surface area contributed by atoms with E-state index in [4.69, 9.17) is 4.55 Å². The molecule has 0 saturated heterocycles. The topological polar surface area (TPSA) is 54.4 Å². The minimum atomic E-state index is -3.71. The summed E-state index contributed by atoms with van der Waals surface area (Å²) in [6.45, 7) is 4.33. The second-order valence-corrected chi connectivity index (χ2v) is 10.6. The van der Waals surface area contributed by atoms with Crippen molar-refractivity contribution in [2.24, 2.45) is 0 Å². The van der Waals surface area contributed by atoms with Crippen LogP contribution < -0.4 is 0 Å². The van der Waals surface area contributed by atoms with E-state index >= 15 is 0 Å². The quantitative estimate of drug-likeness (QED) is 0.582. The third-order valence-electron chi connectivity index (χ3n) is 1.77. The van der Waals surface area contributed by atoms with Gasteiger partial charge in [-0.3, -0.25) is 0 Å². The molecule has 0 aromatic carbocycles. The van der Waals surface area contributed by atoms with Crippen molar-refractivity contribution in [3.05, 3.63) is 0 Å². The van der Waals surface area contributed by atoms with E-state index in [-0.39, 0.29) is 5.75 Å². The second kappa shape index (κ2) is 6.00. The summed E-state index contributed by atoms with van der Waals surface area (Å²) in [6.07, 6.45) is 0.639. The van der Waals surface area contributed by atoms with Crippen LogP contribution in [0.15, 0.2) is 0 Å². The van der Waals surface area contributed by atoms with Crippen LogP contribution in [-0.2, 0) is 10.1 Å². The molecule has 0 aliphatic carbocycles. The first-order chi connectivity index (χ1) is 5.49. The summed E-state index contributed by atoms with van der Waals surface area (Å²) < 4.78 is 29.2. The molecule has 5 heteroatoms. The van der Waals surface area contributed by atoms with E-state index in [0.29, 0.717) is 6.42 Å². The summed E-state index contributed by atoms with van der Waals surface area (Å²) in [6, 6.07) is 0. The van der Waals surface area contributed by atoms with Gasteiger partial charge in [0.2, 0.25) is 0 Å². The fraction of sp³-hybridized carbons (Fsp3) is 1.00. The Morgan fingerprint density at radius 1 is 1.25 bits per heavy atom. The standard InChI is InChI=1S/C7H17AsO3S/c1-3-8(4-2)6-5-7-12(9,10)11/h3-7H2,1-2H3,(H,9,10,11). The van der Waals surface area contributed by atoms with E-state index in [1.165, 1.54) is 10.4 Å². The second-order valence-electron chi connectivity index (χ2n) is 2.67. The zero-order valence-corrected chi connectivity index (χ0v) is 10.3. The van der Waals surface area contributed by atoms with Gasteiger partial charge in [-0.25, -0.2) is 0 Å². The molecule has 0 unspecified atom stereocenters. The molecule has 12 heavy (non-hydrogen) atoms. The molecule has 74 valence electrons. The Hall–Kier alpha value is 0.468. The molecular formula is C7H17AsO3S. The molecular weight excluding hydrogens is 239 g/mol. The first-order valence-corrected chi connectivity index (χ1v) is 9.76. The van der Waals surface area contributed by atoms with Crippen LogP contribution in [0.3, 0.4) is 0 Å². The average molecular weight is 256 g/mol. The van der Waals surface area contributed by atoms with Crippen LogP contribution in [0.2, 0.25) is 15.6 Å². The van der Waals surface area contributed by atoms with Crippen molar-refractivity contribution >= 4 is 24.8 Å². The zero-order chi connectivity index (χ0) is 9.61. The van der Waals surface area contributed by atoms with Crippen LogP contribution in [0, 0.1) is 0 Å². The molecule has 3 nitrogen and oxygen atoms in total. The van der Waals surface area contributed by atoms with Crippen LogP contribution in [0.4, 0.5) is 0 Å². The first kappa shape index (κ1) is 12.5. The molecule has 0 heterocycles. The fourth-order valence-corrected chi connectivity index (χ4v) is 5.52. The van der Waals surface area contributed by atoms with Gasteiger partial charge in [0.1, 0.15) is 0 Å². The molecule has 0 aliphatic heterocycles. The molecule has 0 saturated carbocycles. The Labute approximate surface area is 79.6 Å². The molecule has 0 spiro atoms. The van der Waals surface area contributed by atoms with E-state index in [0.717, 1.165) is 5.21 Å². The number of hydrogen-bond acceptors (Lipinski definition) is 2. The molecule has 0 rings (SSSR count). The maximum atomic E-state index is 10.4. The third-order valence-corrected chi connectivity index (χ3v) is 8.32. The predicted octanol–water partition coefficient (Wildman–Crippen LogP) is 1.80. The molecule has 0 aromatic heterocycles. The van der Waals surface area contributed by atoms with E-state index in [1.807, 2.05) is 0 Å². The van der Waals surface area contributed by atoms with Crippen molar-refractivity contribution in [2.75, 3.05) is 5.75 Å². The molecule has 0 bridgehead atoms. The Morgan fingerprint density at radius 3 is 2.08 bits per heavy atom. The third kappa shape index (κ3) is 7.14. The summed E-state index contributed by atoms with van der Waals surface area (Å²) in [5.41, 5.74) is 0. The molecule has 0 fully saturated rings. The first-order valence-electron chi connectivity index (χ1n) is 4.17. The summed E-state index contributed by atoms with van der Waals surface area (Å²) in [5, 5.41) is 3.50. The SMILES string of the molecule is CC[As](CC)CCCS(=O)(=O)O. The van der Waals surface area contributed by atoms with Gasteiger partial charge in [0.05, 0.1) is 0 Å².